The van der Waals surface area contributed by atoms with Gasteiger partial charge in [-0.15, -0.1) is 0 Å². The third-order valence-electron chi connectivity index (χ3n) is 6.62. The van der Waals surface area contributed by atoms with Crippen molar-refractivity contribution in [1.29, 1.82) is 0 Å². The number of para-hydroxylation sites is 2. The van der Waals surface area contributed by atoms with Crippen molar-refractivity contribution >= 4 is 16.8 Å². The molecule has 34 heavy (non-hydrogen) atoms. The highest BCUT2D eigenvalue weighted by molar-refractivity contribution is 5.78. The predicted octanol–water partition coefficient (Wildman–Crippen LogP) is 4.13. The standard InChI is InChI=1S/C27H29N5O2/c1-18-23(19(2)32(29-18)21-9-5-4-6-10-21)17-30(3)26(33)16-15-25-28-24-12-8-7-11-22(24)27(34)31(25)20-13-14-20/h4-12,20H,13-17H2,1-3H3. The second kappa shape index (κ2) is 8.89. The Morgan fingerprint density at radius 3 is 2.50 bits per heavy atom. The Bertz CT molecular complexity index is 1420. The van der Waals surface area contributed by atoms with Crippen molar-refractivity contribution in [1.82, 2.24) is 24.2 Å². The van der Waals surface area contributed by atoms with Gasteiger partial charge in [-0.1, -0.05) is 30.3 Å². The molecule has 1 aliphatic carbocycles. The van der Waals surface area contributed by atoms with Gasteiger partial charge in [0.1, 0.15) is 5.82 Å². The Morgan fingerprint density at radius 2 is 1.76 bits per heavy atom. The van der Waals surface area contributed by atoms with Crippen LogP contribution in [0.5, 0.6) is 0 Å². The largest absolute Gasteiger partial charge is 0.341 e. The van der Waals surface area contributed by atoms with Crippen LogP contribution in [-0.2, 0) is 17.8 Å². The molecule has 0 atom stereocenters. The summed E-state index contributed by atoms with van der Waals surface area (Å²) in [5, 5.41) is 5.34. The van der Waals surface area contributed by atoms with Gasteiger partial charge in [-0.05, 0) is 51.0 Å². The monoisotopic (exact) mass is 455 g/mol. The summed E-state index contributed by atoms with van der Waals surface area (Å²) in [5.41, 5.74) is 4.70. The summed E-state index contributed by atoms with van der Waals surface area (Å²) in [4.78, 5) is 32.6. The highest BCUT2D eigenvalue weighted by Crippen LogP contribution is 2.35. The molecule has 2 heterocycles. The molecular formula is C27H29N5O2. The van der Waals surface area contributed by atoms with E-state index in [-0.39, 0.29) is 17.5 Å². The zero-order chi connectivity index (χ0) is 23.8. The van der Waals surface area contributed by atoms with Gasteiger partial charge in [0.05, 0.1) is 22.3 Å². The lowest BCUT2D eigenvalue weighted by Gasteiger charge is -2.18. The molecular weight excluding hydrogens is 426 g/mol. The van der Waals surface area contributed by atoms with Gasteiger partial charge in [-0.3, -0.25) is 14.2 Å². The number of aromatic nitrogens is 4. The Balaban J connectivity index is 1.33. The van der Waals surface area contributed by atoms with Gasteiger partial charge < -0.3 is 4.90 Å². The van der Waals surface area contributed by atoms with Gasteiger partial charge in [0, 0.05) is 43.7 Å². The van der Waals surface area contributed by atoms with E-state index in [2.05, 4.69) is 0 Å². The molecule has 0 saturated heterocycles. The van der Waals surface area contributed by atoms with Crippen LogP contribution in [0.25, 0.3) is 16.6 Å². The number of hydrogen-bond donors (Lipinski definition) is 0. The number of benzene rings is 2. The normalized spacial score (nSPS) is 13.4. The van der Waals surface area contributed by atoms with E-state index in [1.165, 1.54) is 0 Å². The van der Waals surface area contributed by atoms with E-state index in [1.54, 1.807) is 4.90 Å². The molecule has 2 aromatic heterocycles. The molecule has 0 bridgehead atoms. The summed E-state index contributed by atoms with van der Waals surface area (Å²) >= 11 is 0. The lowest BCUT2D eigenvalue weighted by atomic mass is 10.1. The summed E-state index contributed by atoms with van der Waals surface area (Å²) in [5.74, 6) is 0.730. The van der Waals surface area contributed by atoms with Crippen molar-refractivity contribution in [3.8, 4) is 5.69 Å². The summed E-state index contributed by atoms with van der Waals surface area (Å²) in [7, 11) is 1.82. The number of nitrogens with zero attached hydrogens (tertiary/aromatic N) is 5. The smallest absolute Gasteiger partial charge is 0.261 e. The van der Waals surface area contributed by atoms with Crippen molar-refractivity contribution in [2.24, 2.45) is 0 Å². The molecule has 7 heteroatoms. The maximum atomic E-state index is 13.1. The molecule has 0 radical (unpaired) electrons. The fraction of sp³-hybridized carbons (Fsp3) is 0.333. The molecule has 0 aliphatic heterocycles. The first kappa shape index (κ1) is 22.1. The van der Waals surface area contributed by atoms with Gasteiger partial charge in [-0.25, -0.2) is 9.67 Å². The van der Waals surface area contributed by atoms with E-state index in [0.717, 1.165) is 35.5 Å². The third-order valence-corrected chi connectivity index (χ3v) is 6.62. The molecule has 4 aromatic rings. The first-order valence-electron chi connectivity index (χ1n) is 11.8. The van der Waals surface area contributed by atoms with E-state index in [4.69, 9.17) is 10.1 Å². The number of fused-ring (bicyclic) bond motifs is 1. The second-order valence-electron chi connectivity index (χ2n) is 9.10. The zero-order valence-corrected chi connectivity index (χ0v) is 19.9. The molecule has 5 rings (SSSR count). The number of aryl methyl sites for hydroxylation is 2. The van der Waals surface area contributed by atoms with E-state index in [9.17, 15) is 9.59 Å². The van der Waals surface area contributed by atoms with E-state index in [0.29, 0.717) is 36.1 Å². The lowest BCUT2D eigenvalue weighted by Crippen LogP contribution is -2.29. The quantitative estimate of drug-likeness (QED) is 0.420. The number of carbonyl (C=O) groups excluding carboxylic acids is 1. The average Bonchev–Trinajstić information content (AvgIpc) is 3.65. The molecule has 0 unspecified atom stereocenters. The van der Waals surface area contributed by atoms with Crippen molar-refractivity contribution in [2.45, 2.75) is 52.1 Å². The summed E-state index contributed by atoms with van der Waals surface area (Å²) in [6.45, 7) is 4.51. The highest BCUT2D eigenvalue weighted by Gasteiger charge is 2.28. The minimum atomic E-state index is 0.00322. The zero-order valence-electron chi connectivity index (χ0n) is 19.9. The first-order valence-corrected chi connectivity index (χ1v) is 11.8. The Morgan fingerprint density at radius 1 is 1.06 bits per heavy atom. The maximum Gasteiger partial charge on any atom is 0.261 e. The minimum Gasteiger partial charge on any atom is -0.341 e. The molecule has 1 fully saturated rings. The maximum absolute atomic E-state index is 13.1. The van der Waals surface area contributed by atoms with Crippen LogP contribution >= 0.6 is 0 Å². The molecule has 0 N–H and O–H groups in total. The Hall–Kier alpha value is -3.74. The van der Waals surface area contributed by atoms with Gasteiger partial charge in [-0.2, -0.15) is 5.10 Å². The predicted molar refractivity (Wildman–Crippen MR) is 132 cm³/mol. The van der Waals surface area contributed by atoms with Gasteiger partial charge in [0.2, 0.25) is 5.91 Å². The first-order chi connectivity index (χ1) is 16.4. The van der Waals surface area contributed by atoms with Crippen LogP contribution in [0.3, 0.4) is 0 Å². The topological polar surface area (TPSA) is 73.0 Å². The second-order valence-corrected chi connectivity index (χ2v) is 9.10. The minimum absolute atomic E-state index is 0.00322. The van der Waals surface area contributed by atoms with Gasteiger partial charge in [0.15, 0.2) is 0 Å². The van der Waals surface area contributed by atoms with Crippen LogP contribution in [0.15, 0.2) is 59.4 Å². The van der Waals surface area contributed by atoms with Crippen LogP contribution in [-0.4, -0.2) is 37.2 Å². The van der Waals surface area contributed by atoms with Gasteiger partial charge in [0.25, 0.3) is 5.56 Å². The molecule has 1 aliphatic rings. The number of rotatable bonds is 7. The van der Waals surface area contributed by atoms with Crippen molar-refractivity contribution in [2.75, 3.05) is 7.05 Å². The molecule has 7 nitrogen and oxygen atoms in total. The van der Waals surface area contributed by atoms with Gasteiger partial charge >= 0.3 is 0 Å². The molecule has 1 saturated carbocycles. The van der Waals surface area contributed by atoms with Crippen molar-refractivity contribution in [3.05, 3.63) is 87.7 Å². The summed E-state index contributed by atoms with van der Waals surface area (Å²) in [6, 6.07) is 17.7. The molecule has 1 amide bonds. The Kier molecular flexibility index (Phi) is 5.77. The van der Waals surface area contributed by atoms with Crippen LogP contribution in [0, 0.1) is 13.8 Å². The third kappa shape index (κ3) is 4.14. The lowest BCUT2D eigenvalue weighted by molar-refractivity contribution is -0.130. The Labute approximate surface area is 198 Å². The fourth-order valence-electron chi connectivity index (χ4n) is 4.54. The summed E-state index contributed by atoms with van der Waals surface area (Å²) in [6.07, 6.45) is 2.73. The van der Waals surface area contributed by atoms with Crippen LogP contribution in [0.1, 0.15) is 48.1 Å². The van der Waals surface area contributed by atoms with E-state index in [1.807, 2.05) is 84.7 Å². The van der Waals surface area contributed by atoms with E-state index >= 15 is 0 Å². The SMILES string of the molecule is Cc1nn(-c2ccccc2)c(C)c1CN(C)C(=O)CCc1nc2ccccc2c(=O)n1C1CC1. The van der Waals surface area contributed by atoms with Crippen molar-refractivity contribution < 1.29 is 4.79 Å². The number of amides is 1. The summed E-state index contributed by atoms with van der Waals surface area (Å²) < 4.78 is 3.74. The van der Waals surface area contributed by atoms with Crippen LogP contribution in [0.4, 0.5) is 0 Å². The molecule has 174 valence electrons. The molecule has 2 aromatic carbocycles. The van der Waals surface area contributed by atoms with Crippen LogP contribution < -0.4 is 5.56 Å². The van der Waals surface area contributed by atoms with Crippen LogP contribution in [0.2, 0.25) is 0 Å². The average molecular weight is 456 g/mol. The van der Waals surface area contributed by atoms with E-state index < -0.39 is 0 Å². The number of hydrogen-bond acceptors (Lipinski definition) is 4. The van der Waals surface area contributed by atoms with Crippen molar-refractivity contribution in [3.63, 3.8) is 0 Å². The highest BCUT2D eigenvalue weighted by atomic mass is 16.2. The number of carbonyl (C=O) groups is 1. The molecule has 0 spiro atoms. The fourth-order valence-corrected chi connectivity index (χ4v) is 4.54.